The van der Waals surface area contributed by atoms with Gasteiger partial charge in [0.2, 0.25) is 5.91 Å². The summed E-state index contributed by atoms with van der Waals surface area (Å²) in [6.45, 7) is 3.72. The zero-order valence-electron chi connectivity index (χ0n) is 9.62. The maximum absolute atomic E-state index is 11.5. The average molecular weight is 221 g/mol. The number of anilines is 1. The molecule has 1 aromatic carbocycles. The van der Waals surface area contributed by atoms with Gasteiger partial charge in [0.1, 0.15) is 0 Å². The van der Waals surface area contributed by atoms with Crippen molar-refractivity contribution in [1.82, 2.24) is 5.32 Å². The molecular formula is C12H19N3O. The van der Waals surface area contributed by atoms with E-state index in [2.05, 4.69) is 10.6 Å². The Morgan fingerprint density at radius 1 is 1.38 bits per heavy atom. The van der Waals surface area contributed by atoms with Crippen molar-refractivity contribution < 1.29 is 4.79 Å². The Morgan fingerprint density at radius 3 is 2.81 bits per heavy atom. The van der Waals surface area contributed by atoms with Crippen LogP contribution in [0.25, 0.3) is 0 Å². The third-order valence-corrected chi connectivity index (χ3v) is 2.26. The number of aryl methyl sites for hydroxylation is 1. The van der Waals surface area contributed by atoms with Crippen molar-refractivity contribution in [3.05, 3.63) is 29.8 Å². The Balaban J connectivity index is 2.32. The Kier molecular flexibility index (Phi) is 5.53. The van der Waals surface area contributed by atoms with Crippen molar-refractivity contribution in [3.63, 3.8) is 0 Å². The van der Waals surface area contributed by atoms with Crippen molar-refractivity contribution >= 4 is 11.6 Å². The van der Waals surface area contributed by atoms with Crippen LogP contribution in [0.1, 0.15) is 12.0 Å². The highest BCUT2D eigenvalue weighted by atomic mass is 16.1. The SMILES string of the molecule is Cc1ccccc1NC(=O)CNCCCN. The molecule has 16 heavy (non-hydrogen) atoms. The van der Waals surface area contributed by atoms with Gasteiger partial charge in [-0.3, -0.25) is 4.79 Å². The quantitative estimate of drug-likeness (QED) is 0.624. The van der Waals surface area contributed by atoms with Crippen LogP contribution in [0.5, 0.6) is 0 Å². The van der Waals surface area contributed by atoms with Gasteiger partial charge in [-0.25, -0.2) is 0 Å². The standard InChI is InChI=1S/C12H19N3O/c1-10-5-2-3-6-11(10)15-12(16)9-14-8-4-7-13/h2-3,5-6,14H,4,7-9,13H2,1H3,(H,15,16). The fraction of sp³-hybridized carbons (Fsp3) is 0.417. The molecule has 0 saturated heterocycles. The molecule has 4 nitrogen and oxygen atoms in total. The highest BCUT2D eigenvalue weighted by Gasteiger charge is 2.02. The van der Waals surface area contributed by atoms with Crippen LogP contribution in [0, 0.1) is 6.92 Å². The zero-order valence-corrected chi connectivity index (χ0v) is 9.62. The molecule has 4 heteroatoms. The van der Waals surface area contributed by atoms with Crippen LogP contribution < -0.4 is 16.4 Å². The first-order chi connectivity index (χ1) is 7.74. The van der Waals surface area contributed by atoms with Gasteiger partial charge < -0.3 is 16.4 Å². The molecule has 0 aromatic heterocycles. The molecule has 1 rings (SSSR count). The largest absolute Gasteiger partial charge is 0.330 e. The molecular weight excluding hydrogens is 202 g/mol. The molecule has 0 heterocycles. The van der Waals surface area contributed by atoms with E-state index in [-0.39, 0.29) is 5.91 Å². The number of amides is 1. The molecule has 0 atom stereocenters. The number of carbonyl (C=O) groups excluding carboxylic acids is 1. The van der Waals surface area contributed by atoms with E-state index >= 15 is 0 Å². The van der Waals surface area contributed by atoms with E-state index in [1.807, 2.05) is 31.2 Å². The van der Waals surface area contributed by atoms with E-state index < -0.39 is 0 Å². The summed E-state index contributed by atoms with van der Waals surface area (Å²) in [5.74, 6) is -0.0219. The predicted octanol–water partition coefficient (Wildman–Crippen LogP) is 0.872. The number of carbonyl (C=O) groups is 1. The lowest BCUT2D eigenvalue weighted by atomic mass is 10.2. The second kappa shape index (κ2) is 6.98. The maximum Gasteiger partial charge on any atom is 0.238 e. The first-order valence-electron chi connectivity index (χ1n) is 5.50. The van der Waals surface area contributed by atoms with Crippen molar-refractivity contribution in [2.24, 2.45) is 5.73 Å². The van der Waals surface area contributed by atoms with E-state index in [0.29, 0.717) is 13.1 Å². The summed E-state index contributed by atoms with van der Waals surface area (Å²) in [5, 5.41) is 5.89. The highest BCUT2D eigenvalue weighted by molar-refractivity contribution is 5.92. The molecule has 0 bridgehead atoms. The number of nitrogens with two attached hydrogens (primary N) is 1. The third-order valence-electron chi connectivity index (χ3n) is 2.26. The lowest BCUT2D eigenvalue weighted by Gasteiger charge is -2.08. The zero-order chi connectivity index (χ0) is 11.8. The van der Waals surface area contributed by atoms with E-state index in [9.17, 15) is 4.79 Å². The number of hydrogen-bond acceptors (Lipinski definition) is 3. The summed E-state index contributed by atoms with van der Waals surface area (Å²) in [5.41, 5.74) is 7.28. The van der Waals surface area contributed by atoms with Crippen LogP contribution in [-0.4, -0.2) is 25.5 Å². The average Bonchev–Trinajstić information content (AvgIpc) is 2.28. The summed E-state index contributed by atoms with van der Waals surface area (Å²) < 4.78 is 0. The Bertz CT molecular complexity index is 339. The van der Waals surface area contributed by atoms with Crippen molar-refractivity contribution in [2.45, 2.75) is 13.3 Å². The number of hydrogen-bond donors (Lipinski definition) is 3. The molecule has 0 saturated carbocycles. The van der Waals surface area contributed by atoms with Gasteiger partial charge in [-0.1, -0.05) is 18.2 Å². The minimum atomic E-state index is -0.0219. The lowest BCUT2D eigenvalue weighted by molar-refractivity contribution is -0.115. The van der Waals surface area contributed by atoms with Gasteiger partial charge >= 0.3 is 0 Å². The first kappa shape index (κ1) is 12.7. The van der Waals surface area contributed by atoms with Crippen molar-refractivity contribution in [2.75, 3.05) is 25.0 Å². The normalized spacial score (nSPS) is 10.1. The van der Waals surface area contributed by atoms with Crippen LogP contribution in [0.15, 0.2) is 24.3 Å². The Morgan fingerprint density at radius 2 is 2.12 bits per heavy atom. The molecule has 4 N–H and O–H groups in total. The second-order valence-electron chi connectivity index (χ2n) is 3.68. The predicted molar refractivity (Wildman–Crippen MR) is 66.3 cm³/mol. The second-order valence-corrected chi connectivity index (χ2v) is 3.68. The molecule has 0 aliphatic rings. The summed E-state index contributed by atoms with van der Waals surface area (Å²) >= 11 is 0. The molecule has 1 aromatic rings. The lowest BCUT2D eigenvalue weighted by Crippen LogP contribution is -2.29. The van der Waals surface area contributed by atoms with Crippen LogP contribution >= 0.6 is 0 Å². The first-order valence-corrected chi connectivity index (χ1v) is 5.50. The minimum Gasteiger partial charge on any atom is -0.330 e. The van der Waals surface area contributed by atoms with Gasteiger partial charge in [0, 0.05) is 5.69 Å². The van der Waals surface area contributed by atoms with E-state index in [1.165, 1.54) is 0 Å². The van der Waals surface area contributed by atoms with Gasteiger partial charge in [-0.15, -0.1) is 0 Å². The minimum absolute atomic E-state index is 0.0219. The molecule has 0 radical (unpaired) electrons. The topological polar surface area (TPSA) is 67.2 Å². The molecule has 1 amide bonds. The maximum atomic E-state index is 11.5. The summed E-state index contributed by atoms with van der Waals surface area (Å²) in [6, 6.07) is 7.72. The van der Waals surface area contributed by atoms with E-state index in [1.54, 1.807) is 0 Å². The van der Waals surface area contributed by atoms with Gasteiger partial charge in [-0.2, -0.15) is 0 Å². The van der Waals surface area contributed by atoms with Crippen LogP contribution in [0.3, 0.4) is 0 Å². The van der Waals surface area contributed by atoms with E-state index in [0.717, 1.165) is 24.2 Å². The molecule has 0 unspecified atom stereocenters. The highest BCUT2D eigenvalue weighted by Crippen LogP contribution is 2.12. The number of rotatable bonds is 6. The summed E-state index contributed by atoms with van der Waals surface area (Å²) in [7, 11) is 0. The Labute approximate surface area is 96.2 Å². The molecule has 0 spiro atoms. The van der Waals surface area contributed by atoms with Gasteiger partial charge in [0.05, 0.1) is 6.54 Å². The summed E-state index contributed by atoms with van der Waals surface area (Å²) in [4.78, 5) is 11.5. The van der Waals surface area contributed by atoms with Crippen LogP contribution in [0.4, 0.5) is 5.69 Å². The van der Waals surface area contributed by atoms with Crippen LogP contribution in [-0.2, 0) is 4.79 Å². The fourth-order valence-electron chi connectivity index (χ4n) is 1.34. The fourth-order valence-corrected chi connectivity index (χ4v) is 1.34. The molecule has 88 valence electrons. The molecule has 0 fully saturated rings. The van der Waals surface area contributed by atoms with Gasteiger partial charge in [0.15, 0.2) is 0 Å². The Hall–Kier alpha value is -1.39. The molecule has 0 aliphatic heterocycles. The van der Waals surface area contributed by atoms with Crippen LogP contribution in [0.2, 0.25) is 0 Å². The smallest absolute Gasteiger partial charge is 0.238 e. The van der Waals surface area contributed by atoms with Gasteiger partial charge in [-0.05, 0) is 38.1 Å². The van der Waals surface area contributed by atoms with Crippen molar-refractivity contribution in [3.8, 4) is 0 Å². The third kappa shape index (κ3) is 4.42. The monoisotopic (exact) mass is 221 g/mol. The van der Waals surface area contributed by atoms with E-state index in [4.69, 9.17) is 5.73 Å². The van der Waals surface area contributed by atoms with Gasteiger partial charge in [0.25, 0.3) is 0 Å². The van der Waals surface area contributed by atoms with Crippen molar-refractivity contribution in [1.29, 1.82) is 0 Å². The number of para-hydroxylation sites is 1. The number of benzene rings is 1. The summed E-state index contributed by atoms with van der Waals surface area (Å²) in [6.07, 6.45) is 0.887. The number of nitrogens with one attached hydrogen (secondary N) is 2. The molecule has 0 aliphatic carbocycles.